The van der Waals surface area contributed by atoms with Crippen molar-refractivity contribution in [3.63, 3.8) is 0 Å². The normalized spacial score (nSPS) is 10.4. The molecule has 3 aromatic rings. The largest absolute Gasteiger partial charge is 1.00 e. The van der Waals surface area contributed by atoms with Crippen LogP contribution in [0, 0.1) is 12.0 Å². The number of aromatic nitrogens is 3. The zero-order valence-corrected chi connectivity index (χ0v) is 16.2. The molecule has 0 fully saturated rings. The zero-order chi connectivity index (χ0) is 19.3. The Labute approximate surface area is 170 Å². The van der Waals surface area contributed by atoms with E-state index in [0.717, 1.165) is 29.3 Å². The van der Waals surface area contributed by atoms with E-state index in [1.54, 1.807) is 24.5 Å². The molecule has 0 aliphatic heterocycles. The number of benzene rings is 1. The molecule has 136 valence electrons. The van der Waals surface area contributed by atoms with Crippen LogP contribution < -0.4 is 18.9 Å². The van der Waals surface area contributed by atoms with E-state index < -0.39 is 5.97 Å². The number of halogens is 1. The second-order valence-electron chi connectivity index (χ2n) is 6.68. The van der Waals surface area contributed by atoms with E-state index in [1.165, 1.54) is 12.1 Å². The predicted molar refractivity (Wildman–Crippen MR) is 98.0 cm³/mol. The first-order valence-electron chi connectivity index (χ1n) is 8.07. The number of aliphatic carboxylic acids is 1. The average molecular weight is 361 g/mol. The van der Waals surface area contributed by atoms with Crippen LogP contribution in [0.4, 0.5) is 4.39 Å². The van der Waals surface area contributed by atoms with Crippen molar-refractivity contribution >= 4 is 5.97 Å². The fraction of sp³-hybridized carbons (Fsp3) is 0.250. The van der Waals surface area contributed by atoms with Gasteiger partial charge in [-0.2, -0.15) is 0 Å². The monoisotopic (exact) mass is 361 g/mol. The van der Waals surface area contributed by atoms with E-state index >= 15 is 0 Å². The molecule has 0 saturated heterocycles. The van der Waals surface area contributed by atoms with E-state index in [9.17, 15) is 4.39 Å². The van der Waals surface area contributed by atoms with E-state index in [0.29, 0.717) is 0 Å². The Bertz CT molecular complexity index is 868. The van der Waals surface area contributed by atoms with Crippen LogP contribution in [-0.4, -0.2) is 25.8 Å². The molecule has 1 aromatic carbocycles. The van der Waals surface area contributed by atoms with Gasteiger partial charge in [0.1, 0.15) is 5.82 Å². The molecule has 27 heavy (non-hydrogen) atoms. The van der Waals surface area contributed by atoms with E-state index in [-0.39, 0.29) is 30.2 Å². The van der Waals surface area contributed by atoms with Crippen molar-refractivity contribution in [2.75, 3.05) is 0 Å². The molecule has 3 rings (SSSR count). The zero-order valence-electron chi connectivity index (χ0n) is 16.2. The molecule has 0 amide bonds. The van der Waals surface area contributed by atoms with Crippen molar-refractivity contribution < 1.29 is 33.2 Å². The summed E-state index contributed by atoms with van der Waals surface area (Å²) in [7, 11) is 0. The van der Waals surface area contributed by atoms with Crippen LogP contribution >= 0.6 is 0 Å². The molecule has 0 aliphatic carbocycles. The molecule has 0 atom stereocenters. The maximum Gasteiger partial charge on any atom is 1.00 e. The Morgan fingerprint density at radius 3 is 2.07 bits per heavy atom. The molecule has 0 radical (unpaired) electrons. The molecular weight excluding hydrogens is 340 g/mol. The number of hydrogen-bond acceptors (Lipinski definition) is 3. The summed E-state index contributed by atoms with van der Waals surface area (Å²) in [4.78, 5) is 13.0. The van der Waals surface area contributed by atoms with Crippen LogP contribution in [0.2, 0.25) is 0 Å². The first kappa shape index (κ1) is 22.6. The van der Waals surface area contributed by atoms with Gasteiger partial charge in [-0.05, 0) is 44.8 Å². The fourth-order valence-electron chi connectivity index (χ4n) is 2.39. The SMILES string of the molecule is CC(=O)O.CC(C)(C)n1n[c-]c(-c2ccncc2)c1-c1ccc(F)cc1.[Li+]. The summed E-state index contributed by atoms with van der Waals surface area (Å²) in [6.45, 7) is 7.32. The van der Waals surface area contributed by atoms with Gasteiger partial charge < -0.3 is 9.79 Å². The molecule has 5 nitrogen and oxygen atoms in total. The van der Waals surface area contributed by atoms with E-state index in [1.807, 2.05) is 16.8 Å². The van der Waals surface area contributed by atoms with Gasteiger partial charge in [-0.1, -0.05) is 29.8 Å². The second-order valence-corrected chi connectivity index (χ2v) is 6.68. The number of carboxylic acids is 1. The average Bonchev–Trinajstić information content (AvgIpc) is 3.01. The molecule has 0 saturated carbocycles. The summed E-state index contributed by atoms with van der Waals surface area (Å²) in [5.41, 5.74) is 3.52. The third-order valence-corrected chi connectivity index (χ3v) is 3.43. The minimum Gasteiger partial charge on any atom is -0.481 e. The minimum absolute atomic E-state index is 0. The Balaban J connectivity index is 0.000000666. The first-order chi connectivity index (χ1) is 12.2. The fourth-order valence-corrected chi connectivity index (χ4v) is 2.39. The van der Waals surface area contributed by atoms with Crippen LogP contribution in [-0.2, 0) is 10.3 Å². The maximum atomic E-state index is 13.2. The number of nitrogens with zero attached hydrogens (tertiary/aromatic N) is 3. The van der Waals surface area contributed by atoms with Gasteiger partial charge in [0.05, 0.1) is 0 Å². The Kier molecular flexibility index (Phi) is 7.95. The van der Waals surface area contributed by atoms with Gasteiger partial charge in [0.25, 0.3) is 5.97 Å². The van der Waals surface area contributed by atoms with Crippen LogP contribution in [0.1, 0.15) is 27.7 Å². The van der Waals surface area contributed by atoms with Gasteiger partial charge in [-0.3, -0.25) is 14.9 Å². The Morgan fingerprint density at radius 1 is 1.07 bits per heavy atom. The van der Waals surface area contributed by atoms with Gasteiger partial charge in [0.2, 0.25) is 0 Å². The quantitative estimate of drug-likeness (QED) is 0.554. The molecule has 2 heterocycles. The number of hydrogen-bond donors (Lipinski definition) is 1. The number of pyridine rings is 1. The summed E-state index contributed by atoms with van der Waals surface area (Å²) >= 11 is 0. The molecular formula is C20H21FLiN3O2. The Hall–Kier alpha value is -2.42. The van der Waals surface area contributed by atoms with Crippen molar-refractivity contribution in [3.8, 4) is 22.4 Å². The molecule has 0 spiro atoms. The smallest absolute Gasteiger partial charge is 0.481 e. The predicted octanol–water partition coefficient (Wildman–Crippen LogP) is 1.40. The van der Waals surface area contributed by atoms with Crippen molar-refractivity contribution in [3.05, 3.63) is 60.8 Å². The minimum atomic E-state index is -0.833. The summed E-state index contributed by atoms with van der Waals surface area (Å²) in [6, 6.07) is 10.3. The van der Waals surface area contributed by atoms with Crippen LogP contribution in [0.15, 0.2) is 48.8 Å². The van der Waals surface area contributed by atoms with E-state index in [4.69, 9.17) is 9.90 Å². The van der Waals surface area contributed by atoms with Crippen LogP contribution in [0.3, 0.4) is 0 Å². The second kappa shape index (κ2) is 9.50. The third kappa shape index (κ3) is 6.06. The van der Waals surface area contributed by atoms with Crippen molar-refractivity contribution in [1.82, 2.24) is 14.8 Å². The van der Waals surface area contributed by atoms with Crippen LogP contribution in [0.5, 0.6) is 0 Å². The number of carboxylic acid groups (broad SMARTS) is 1. The van der Waals surface area contributed by atoms with Crippen molar-refractivity contribution in [2.24, 2.45) is 0 Å². The van der Waals surface area contributed by atoms with Crippen molar-refractivity contribution in [1.29, 1.82) is 0 Å². The van der Waals surface area contributed by atoms with Gasteiger partial charge >= 0.3 is 18.9 Å². The summed E-state index contributed by atoms with van der Waals surface area (Å²) in [6.07, 6.45) is 6.59. The molecule has 0 aliphatic rings. The molecule has 1 N–H and O–H groups in total. The van der Waals surface area contributed by atoms with Gasteiger partial charge in [0.15, 0.2) is 0 Å². The Morgan fingerprint density at radius 2 is 1.59 bits per heavy atom. The molecule has 0 unspecified atom stereocenters. The first-order valence-corrected chi connectivity index (χ1v) is 8.07. The summed E-state index contributed by atoms with van der Waals surface area (Å²) < 4.78 is 15.2. The topological polar surface area (TPSA) is 68.0 Å². The van der Waals surface area contributed by atoms with Gasteiger partial charge in [-0.25, -0.2) is 4.39 Å². The van der Waals surface area contributed by atoms with Gasteiger partial charge in [0, 0.05) is 24.9 Å². The maximum absolute atomic E-state index is 13.2. The standard InChI is InChI=1S/C18H17FN3.C2H4O2.Li/c1-18(2,3)22-17(14-4-6-15(19)7-5-14)16(12-21-22)13-8-10-20-11-9-13;1-2(3)4;/h4-11H,1-3H3;1H3,(H,3,4);/q-1;;+1. The molecule has 2 aromatic heterocycles. The summed E-state index contributed by atoms with van der Waals surface area (Å²) in [5, 5.41) is 11.9. The summed E-state index contributed by atoms with van der Waals surface area (Å²) in [5.74, 6) is -1.08. The molecule has 0 bridgehead atoms. The number of carbonyl (C=O) groups is 1. The van der Waals surface area contributed by atoms with Crippen molar-refractivity contribution in [2.45, 2.75) is 33.2 Å². The third-order valence-electron chi connectivity index (χ3n) is 3.43. The molecule has 7 heteroatoms. The number of rotatable bonds is 2. The van der Waals surface area contributed by atoms with Gasteiger partial charge in [-0.15, -0.1) is 11.1 Å². The van der Waals surface area contributed by atoms with E-state index in [2.05, 4.69) is 37.1 Å². The van der Waals surface area contributed by atoms with Crippen LogP contribution in [0.25, 0.3) is 22.4 Å².